The van der Waals surface area contributed by atoms with Gasteiger partial charge in [-0.2, -0.15) is 0 Å². The highest BCUT2D eigenvalue weighted by molar-refractivity contribution is 5.92. The first-order valence-electron chi connectivity index (χ1n) is 8.51. The Kier molecular flexibility index (Phi) is 5.27. The fourth-order valence-electron chi connectivity index (χ4n) is 2.68. The van der Waals surface area contributed by atoms with Crippen LogP contribution in [0.4, 0.5) is 11.5 Å². The first-order chi connectivity index (χ1) is 12.5. The number of carbonyl (C=O) groups is 1. The second kappa shape index (κ2) is 7.78. The fourth-order valence-corrected chi connectivity index (χ4v) is 2.68. The molecule has 0 aliphatic heterocycles. The Bertz CT molecular complexity index is 882. The van der Waals surface area contributed by atoms with E-state index >= 15 is 0 Å². The molecule has 3 aromatic rings. The van der Waals surface area contributed by atoms with Crippen molar-refractivity contribution in [2.24, 2.45) is 0 Å². The molecule has 0 aliphatic carbocycles. The van der Waals surface area contributed by atoms with E-state index in [1.54, 1.807) is 6.20 Å². The minimum Gasteiger partial charge on any atom is -0.347 e. The van der Waals surface area contributed by atoms with Gasteiger partial charge in [0.05, 0.1) is 12.4 Å². The largest absolute Gasteiger partial charge is 0.347 e. The third-order valence-electron chi connectivity index (χ3n) is 3.95. The predicted molar refractivity (Wildman–Crippen MR) is 104 cm³/mol. The van der Waals surface area contributed by atoms with Gasteiger partial charge in [0.25, 0.3) is 5.91 Å². The van der Waals surface area contributed by atoms with Crippen LogP contribution in [-0.4, -0.2) is 15.9 Å². The zero-order valence-corrected chi connectivity index (χ0v) is 15.2. The van der Waals surface area contributed by atoms with Crippen molar-refractivity contribution in [3.05, 3.63) is 82.8 Å². The maximum atomic E-state index is 12.2. The molecule has 5 heteroatoms. The van der Waals surface area contributed by atoms with Gasteiger partial charge in [-0.15, -0.1) is 0 Å². The molecule has 0 atom stereocenters. The zero-order chi connectivity index (χ0) is 18.5. The summed E-state index contributed by atoms with van der Waals surface area (Å²) in [7, 11) is 0. The van der Waals surface area contributed by atoms with Crippen molar-refractivity contribution >= 4 is 17.4 Å². The molecular weight excluding hydrogens is 324 g/mol. The van der Waals surface area contributed by atoms with Gasteiger partial charge in [0.1, 0.15) is 11.5 Å². The monoisotopic (exact) mass is 346 g/mol. The van der Waals surface area contributed by atoms with Crippen LogP contribution in [0.3, 0.4) is 0 Å². The van der Waals surface area contributed by atoms with Crippen LogP contribution in [0, 0.1) is 20.8 Å². The van der Waals surface area contributed by atoms with E-state index in [0.29, 0.717) is 18.1 Å². The number of nitrogens with zero attached hydrogens (tertiary/aromatic N) is 2. The maximum Gasteiger partial charge on any atom is 0.271 e. The number of nitrogens with one attached hydrogen (secondary N) is 2. The fraction of sp³-hybridized carbons (Fsp3) is 0.190. The molecule has 132 valence electrons. The van der Waals surface area contributed by atoms with Gasteiger partial charge < -0.3 is 10.6 Å². The van der Waals surface area contributed by atoms with E-state index in [2.05, 4.69) is 26.7 Å². The van der Waals surface area contributed by atoms with Crippen molar-refractivity contribution in [2.75, 3.05) is 5.32 Å². The molecule has 5 nitrogen and oxygen atoms in total. The molecule has 0 saturated heterocycles. The number of aryl methyl sites for hydroxylation is 3. The first kappa shape index (κ1) is 17.6. The summed E-state index contributed by atoms with van der Waals surface area (Å²) in [6.07, 6.45) is 3.05. The summed E-state index contributed by atoms with van der Waals surface area (Å²) >= 11 is 0. The Morgan fingerprint density at radius 3 is 2.19 bits per heavy atom. The minimum absolute atomic E-state index is 0.240. The number of rotatable bonds is 5. The highest BCUT2D eigenvalue weighted by Gasteiger charge is 2.08. The molecule has 3 rings (SSSR count). The highest BCUT2D eigenvalue weighted by atomic mass is 16.1. The molecule has 0 bridgehead atoms. The summed E-state index contributed by atoms with van der Waals surface area (Å²) in [5, 5.41) is 6.07. The van der Waals surface area contributed by atoms with Gasteiger partial charge in [-0.1, -0.05) is 35.9 Å². The van der Waals surface area contributed by atoms with Gasteiger partial charge in [0.15, 0.2) is 0 Å². The van der Waals surface area contributed by atoms with Crippen LogP contribution in [0.5, 0.6) is 0 Å². The van der Waals surface area contributed by atoms with E-state index in [9.17, 15) is 4.79 Å². The number of aromatic nitrogens is 2. The van der Waals surface area contributed by atoms with Gasteiger partial charge in [0, 0.05) is 12.2 Å². The lowest BCUT2D eigenvalue weighted by atomic mass is 10.1. The molecule has 2 aromatic carbocycles. The highest BCUT2D eigenvalue weighted by Crippen LogP contribution is 2.17. The van der Waals surface area contributed by atoms with Gasteiger partial charge in [0.2, 0.25) is 0 Å². The average molecular weight is 346 g/mol. The normalized spacial score (nSPS) is 10.4. The molecule has 0 radical (unpaired) electrons. The molecule has 26 heavy (non-hydrogen) atoms. The summed E-state index contributed by atoms with van der Waals surface area (Å²) < 4.78 is 0. The standard InChI is InChI=1S/C21H22N4O/c1-14-4-6-17(7-5-14)11-24-21(26)19-12-23-20(13-22-19)25-18-9-15(2)8-16(3)10-18/h4-10,12-13H,11H2,1-3H3,(H,23,25)(H,24,26). The van der Waals surface area contributed by atoms with Crippen LogP contribution >= 0.6 is 0 Å². The minimum atomic E-state index is -0.240. The topological polar surface area (TPSA) is 66.9 Å². The van der Waals surface area contributed by atoms with E-state index in [4.69, 9.17) is 0 Å². The van der Waals surface area contributed by atoms with E-state index in [-0.39, 0.29) is 5.91 Å². The van der Waals surface area contributed by atoms with Crippen LogP contribution in [-0.2, 0) is 6.54 Å². The van der Waals surface area contributed by atoms with E-state index in [0.717, 1.165) is 11.3 Å². The Morgan fingerprint density at radius 2 is 1.58 bits per heavy atom. The maximum absolute atomic E-state index is 12.2. The predicted octanol–water partition coefficient (Wildman–Crippen LogP) is 4.08. The number of amides is 1. The molecule has 1 aromatic heterocycles. The summed E-state index contributed by atoms with van der Waals surface area (Å²) in [6.45, 7) is 6.59. The lowest BCUT2D eigenvalue weighted by molar-refractivity contribution is 0.0945. The SMILES string of the molecule is Cc1ccc(CNC(=O)c2cnc(Nc3cc(C)cc(C)c3)cn2)cc1. The lowest BCUT2D eigenvalue weighted by Gasteiger charge is -2.09. The smallest absolute Gasteiger partial charge is 0.271 e. The summed E-state index contributed by atoms with van der Waals surface area (Å²) in [5.41, 5.74) is 5.83. The van der Waals surface area contributed by atoms with Gasteiger partial charge in [-0.25, -0.2) is 9.97 Å². The Labute approximate surface area is 153 Å². The molecule has 0 fully saturated rings. The van der Waals surface area contributed by atoms with Crippen molar-refractivity contribution in [2.45, 2.75) is 27.3 Å². The van der Waals surface area contributed by atoms with Gasteiger partial charge in [-0.3, -0.25) is 4.79 Å². The Morgan fingerprint density at radius 1 is 0.885 bits per heavy atom. The summed E-state index contributed by atoms with van der Waals surface area (Å²) in [6, 6.07) is 14.2. The van der Waals surface area contributed by atoms with Crippen LogP contribution in [0.15, 0.2) is 54.9 Å². The third-order valence-corrected chi connectivity index (χ3v) is 3.95. The quantitative estimate of drug-likeness (QED) is 0.731. The Hall–Kier alpha value is -3.21. The molecular formula is C21H22N4O. The summed E-state index contributed by atoms with van der Waals surface area (Å²) in [5.74, 6) is 0.362. The second-order valence-corrected chi connectivity index (χ2v) is 6.46. The van der Waals surface area contributed by atoms with E-state index < -0.39 is 0 Å². The number of anilines is 2. The van der Waals surface area contributed by atoms with Crippen molar-refractivity contribution < 1.29 is 4.79 Å². The molecule has 0 aliphatic rings. The van der Waals surface area contributed by atoms with Crippen molar-refractivity contribution in [1.29, 1.82) is 0 Å². The van der Waals surface area contributed by atoms with Crippen LogP contribution in [0.1, 0.15) is 32.7 Å². The van der Waals surface area contributed by atoms with Crippen molar-refractivity contribution in [3.63, 3.8) is 0 Å². The number of benzene rings is 2. The molecule has 0 spiro atoms. The van der Waals surface area contributed by atoms with Crippen LogP contribution < -0.4 is 10.6 Å². The first-order valence-corrected chi connectivity index (χ1v) is 8.51. The molecule has 0 unspecified atom stereocenters. The second-order valence-electron chi connectivity index (χ2n) is 6.46. The van der Waals surface area contributed by atoms with E-state index in [1.165, 1.54) is 22.9 Å². The Balaban J connectivity index is 1.61. The number of hydrogen-bond donors (Lipinski definition) is 2. The average Bonchev–Trinajstić information content (AvgIpc) is 2.61. The summed E-state index contributed by atoms with van der Waals surface area (Å²) in [4.78, 5) is 20.7. The van der Waals surface area contributed by atoms with Gasteiger partial charge in [-0.05, 0) is 49.6 Å². The molecule has 1 amide bonds. The lowest BCUT2D eigenvalue weighted by Crippen LogP contribution is -2.24. The van der Waals surface area contributed by atoms with Crippen LogP contribution in [0.2, 0.25) is 0 Å². The van der Waals surface area contributed by atoms with Gasteiger partial charge >= 0.3 is 0 Å². The number of carbonyl (C=O) groups excluding carboxylic acids is 1. The molecule has 1 heterocycles. The van der Waals surface area contributed by atoms with Crippen LogP contribution in [0.25, 0.3) is 0 Å². The van der Waals surface area contributed by atoms with Crippen molar-refractivity contribution in [3.8, 4) is 0 Å². The molecule has 2 N–H and O–H groups in total. The third kappa shape index (κ3) is 4.66. The van der Waals surface area contributed by atoms with E-state index in [1.807, 2.05) is 57.2 Å². The zero-order valence-electron chi connectivity index (χ0n) is 15.2. The van der Waals surface area contributed by atoms with Crippen molar-refractivity contribution in [1.82, 2.24) is 15.3 Å². The number of hydrogen-bond acceptors (Lipinski definition) is 4. The molecule has 0 saturated carbocycles.